The lowest BCUT2D eigenvalue weighted by Crippen LogP contribution is -1.87. The Morgan fingerprint density at radius 2 is 2.30 bits per heavy atom. The number of terminal acetylenes is 1. The van der Waals surface area contributed by atoms with Crippen molar-refractivity contribution >= 4 is 0 Å². The molecular formula is C9H10O. The van der Waals surface area contributed by atoms with Crippen LogP contribution in [0.25, 0.3) is 0 Å². The van der Waals surface area contributed by atoms with Crippen LogP contribution in [0, 0.1) is 12.3 Å². The third-order valence-corrected chi connectivity index (χ3v) is 0.961. The fourth-order valence-corrected chi connectivity index (χ4v) is 0.470. The molecule has 10 heavy (non-hydrogen) atoms. The number of hydrogen-bond donors (Lipinski definition) is 0. The SMILES string of the molecule is C#CC(=C)/C(=C\C=C)OC. The van der Waals surface area contributed by atoms with Gasteiger partial charge in [0.05, 0.1) is 12.7 Å². The molecule has 0 unspecified atom stereocenters. The van der Waals surface area contributed by atoms with Gasteiger partial charge in [-0.2, -0.15) is 0 Å². The quantitative estimate of drug-likeness (QED) is 0.325. The first-order valence-electron chi connectivity index (χ1n) is 2.78. The lowest BCUT2D eigenvalue weighted by atomic mass is 10.2. The highest BCUT2D eigenvalue weighted by atomic mass is 16.5. The van der Waals surface area contributed by atoms with Crippen molar-refractivity contribution in [3.05, 3.63) is 36.6 Å². The minimum absolute atomic E-state index is 0.530. The zero-order chi connectivity index (χ0) is 7.98. The van der Waals surface area contributed by atoms with Crippen LogP contribution in [-0.4, -0.2) is 7.11 Å². The van der Waals surface area contributed by atoms with Gasteiger partial charge in [-0.15, -0.1) is 6.42 Å². The fourth-order valence-electron chi connectivity index (χ4n) is 0.470. The predicted octanol–water partition coefficient (Wildman–Crippen LogP) is 1.89. The van der Waals surface area contributed by atoms with Gasteiger partial charge in [-0.1, -0.05) is 25.2 Å². The largest absolute Gasteiger partial charge is 0.495 e. The van der Waals surface area contributed by atoms with Gasteiger partial charge in [-0.3, -0.25) is 0 Å². The maximum Gasteiger partial charge on any atom is 0.133 e. The van der Waals surface area contributed by atoms with Crippen molar-refractivity contribution in [3.63, 3.8) is 0 Å². The Morgan fingerprint density at radius 3 is 2.60 bits per heavy atom. The Kier molecular flexibility index (Phi) is 3.83. The van der Waals surface area contributed by atoms with Crippen LogP contribution in [0.1, 0.15) is 0 Å². The molecule has 1 nitrogen and oxygen atoms in total. The summed E-state index contributed by atoms with van der Waals surface area (Å²) >= 11 is 0. The van der Waals surface area contributed by atoms with Crippen LogP contribution in [-0.2, 0) is 4.74 Å². The zero-order valence-corrected chi connectivity index (χ0v) is 6.05. The highest BCUT2D eigenvalue weighted by Crippen LogP contribution is 2.05. The number of allylic oxidation sites excluding steroid dienone is 3. The Balaban J connectivity index is 4.39. The first-order valence-corrected chi connectivity index (χ1v) is 2.78. The van der Waals surface area contributed by atoms with E-state index in [0.717, 1.165) is 0 Å². The fraction of sp³-hybridized carbons (Fsp3) is 0.111. The predicted molar refractivity (Wildman–Crippen MR) is 43.3 cm³/mol. The molecule has 0 fully saturated rings. The molecular weight excluding hydrogens is 124 g/mol. The minimum Gasteiger partial charge on any atom is -0.495 e. The number of rotatable bonds is 3. The van der Waals surface area contributed by atoms with E-state index in [-0.39, 0.29) is 0 Å². The van der Waals surface area contributed by atoms with E-state index in [9.17, 15) is 0 Å². The van der Waals surface area contributed by atoms with E-state index in [4.69, 9.17) is 11.2 Å². The maximum atomic E-state index is 5.07. The zero-order valence-electron chi connectivity index (χ0n) is 6.05. The van der Waals surface area contributed by atoms with E-state index in [2.05, 4.69) is 19.1 Å². The summed E-state index contributed by atoms with van der Waals surface area (Å²) in [6.45, 7) is 7.08. The van der Waals surface area contributed by atoms with Crippen LogP contribution in [0.4, 0.5) is 0 Å². The Bertz CT molecular complexity index is 203. The van der Waals surface area contributed by atoms with Gasteiger partial charge >= 0.3 is 0 Å². The van der Waals surface area contributed by atoms with Crippen LogP contribution < -0.4 is 0 Å². The summed E-state index contributed by atoms with van der Waals surface area (Å²) < 4.78 is 4.89. The van der Waals surface area contributed by atoms with E-state index in [0.29, 0.717) is 11.3 Å². The summed E-state index contributed by atoms with van der Waals surface area (Å²) in [6.07, 6.45) is 8.34. The summed E-state index contributed by atoms with van der Waals surface area (Å²) in [5.74, 6) is 2.95. The average Bonchev–Trinajstić information content (AvgIpc) is 1.99. The first kappa shape index (κ1) is 8.58. The summed E-state index contributed by atoms with van der Waals surface area (Å²) in [5.41, 5.74) is 0.530. The molecule has 0 saturated carbocycles. The van der Waals surface area contributed by atoms with Crippen molar-refractivity contribution in [1.29, 1.82) is 0 Å². The van der Waals surface area contributed by atoms with Crippen LogP contribution >= 0.6 is 0 Å². The van der Waals surface area contributed by atoms with Crippen molar-refractivity contribution in [1.82, 2.24) is 0 Å². The smallest absolute Gasteiger partial charge is 0.133 e. The van der Waals surface area contributed by atoms with Crippen molar-refractivity contribution < 1.29 is 4.74 Å². The molecule has 0 aliphatic heterocycles. The molecule has 0 heterocycles. The maximum absolute atomic E-state index is 5.07. The van der Waals surface area contributed by atoms with Gasteiger partial charge in [-0.25, -0.2) is 0 Å². The highest BCUT2D eigenvalue weighted by molar-refractivity contribution is 5.39. The van der Waals surface area contributed by atoms with E-state index >= 15 is 0 Å². The highest BCUT2D eigenvalue weighted by Gasteiger charge is 1.94. The lowest BCUT2D eigenvalue weighted by molar-refractivity contribution is 0.303. The Labute approximate surface area is 61.7 Å². The molecule has 0 aliphatic rings. The molecule has 0 aromatic heterocycles. The first-order chi connectivity index (χ1) is 4.76. The minimum atomic E-state index is 0.530. The lowest BCUT2D eigenvalue weighted by Gasteiger charge is -2.00. The molecule has 0 N–H and O–H groups in total. The van der Waals surface area contributed by atoms with Crippen molar-refractivity contribution in [2.24, 2.45) is 0 Å². The second-order valence-electron chi connectivity index (χ2n) is 1.59. The third kappa shape index (κ3) is 2.23. The Hall–Kier alpha value is -1.42. The number of hydrogen-bond acceptors (Lipinski definition) is 1. The average molecular weight is 134 g/mol. The molecule has 0 aliphatic carbocycles. The summed E-state index contributed by atoms with van der Waals surface area (Å²) in [5, 5.41) is 0. The van der Waals surface area contributed by atoms with Gasteiger partial charge in [0.25, 0.3) is 0 Å². The molecule has 0 amide bonds. The normalized spacial score (nSPS) is 9.80. The second-order valence-corrected chi connectivity index (χ2v) is 1.59. The van der Waals surface area contributed by atoms with Crippen LogP contribution in [0.15, 0.2) is 36.6 Å². The van der Waals surface area contributed by atoms with E-state index in [1.165, 1.54) is 7.11 Å². The van der Waals surface area contributed by atoms with Gasteiger partial charge in [0, 0.05) is 0 Å². The second kappa shape index (κ2) is 4.46. The van der Waals surface area contributed by atoms with Gasteiger partial charge in [-0.05, 0) is 6.08 Å². The van der Waals surface area contributed by atoms with Crippen LogP contribution in [0.2, 0.25) is 0 Å². The molecule has 0 spiro atoms. The summed E-state index contributed by atoms with van der Waals surface area (Å²) in [6, 6.07) is 0. The molecule has 0 aromatic rings. The van der Waals surface area contributed by atoms with Crippen LogP contribution in [0.5, 0.6) is 0 Å². The molecule has 52 valence electrons. The topological polar surface area (TPSA) is 9.23 Å². The van der Waals surface area contributed by atoms with Gasteiger partial charge in [0.1, 0.15) is 5.76 Å². The van der Waals surface area contributed by atoms with Crippen molar-refractivity contribution in [2.45, 2.75) is 0 Å². The summed E-state index contributed by atoms with van der Waals surface area (Å²) in [4.78, 5) is 0. The van der Waals surface area contributed by atoms with E-state index < -0.39 is 0 Å². The third-order valence-electron chi connectivity index (χ3n) is 0.961. The molecule has 0 rings (SSSR count). The Morgan fingerprint density at radius 1 is 1.70 bits per heavy atom. The number of methoxy groups -OCH3 is 1. The summed E-state index contributed by atoms with van der Waals surface area (Å²) in [7, 11) is 1.54. The van der Waals surface area contributed by atoms with Crippen LogP contribution in [0.3, 0.4) is 0 Å². The van der Waals surface area contributed by atoms with Gasteiger partial charge in [0.15, 0.2) is 0 Å². The van der Waals surface area contributed by atoms with Crippen molar-refractivity contribution in [2.75, 3.05) is 7.11 Å². The monoisotopic (exact) mass is 134 g/mol. The number of ether oxygens (including phenoxy) is 1. The molecule has 0 radical (unpaired) electrons. The standard InChI is InChI=1S/C9H10O/c1-5-7-9(10-4)8(3)6-2/h2,5,7H,1,3H2,4H3/b9-7+. The van der Waals surface area contributed by atoms with Gasteiger partial charge < -0.3 is 4.74 Å². The molecule has 0 atom stereocenters. The van der Waals surface area contributed by atoms with E-state index in [1.807, 2.05) is 0 Å². The molecule has 0 bridgehead atoms. The molecule has 0 saturated heterocycles. The molecule has 1 heteroatoms. The van der Waals surface area contributed by atoms with Crippen molar-refractivity contribution in [3.8, 4) is 12.3 Å². The van der Waals surface area contributed by atoms with E-state index in [1.54, 1.807) is 12.2 Å². The molecule has 0 aromatic carbocycles. The van der Waals surface area contributed by atoms with Gasteiger partial charge in [0.2, 0.25) is 0 Å².